The number of carbonyl (C=O) groups is 2. The molecule has 0 N–H and O–H groups in total. The highest BCUT2D eigenvalue weighted by molar-refractivity contribution is 5.83. The van der Waals surface area contributed by atoms with Gasteiger partial charge in [-0.3, -0.25) is 4.79 Å². The largest absolute Gasteiger partial charge is 0.466 e. The molecule has 1 amide bonds. The summed E-state index contributed by atoms with van der Waals surface area (Å²) in [6.07, 6.45) is -0.295. The lowest BCUT2D eigenvalue weighted by atomic mass is 10.1. The number of hydrogen-bond acceptors (Lipinski definition) is 4. The monoisotopic (exact) mass is 257 g/mol. The van der Waals surface area contributed by atoms with Crippen LogP contribution in [-0.4, -0.2) is 42.2 Å². The molecule has 0 bridgehead atoms. The number of hydrogen-bond donors (Lipinski definition) is 0. The van der Waals surface area contributed by atoms with Crippen molar-refractivity contribution in [1.29, 1.82) is 0 Å². The average molecular weight is 257 g/mol. The molecule has 0 aromatic heterocycles. The molecule has 5 nitrogen and oxygen atoms in total. The normalized spacial score (nSPS) is 34.2. The van der Waals surface area contributed by atoms with Crippen LogP contribution in [0.1, 0.15) is 36.9 Å². The lowest BCUT2D eigenvalue weighted by molar-refractivity contribution is -0.149. The van der Waals surface area contributed by atoms with E-state index in [2.05, 4.69) is 0 Å². The van der Waals surface area contributed by atoms with Crippen LogP contribution >= 0.6 is 0 Å². The Kier molecular flexibility index (Phi) is 2.45. The highest BCUT2D eigenvalue weighted by Gasteiger charge is 2.67. The van der Waals surface area contributed by atoms with Gasteiger partial charge in [-0.15, -0.1) is 0 Å². The molecule has 1 heterocycles. The summed E-state index contributed by atoms with van der Waals surface area (Å²) >= 11 is 0. The van der Waals surface area contributed by atoms with E-state index < -0.39 is 35.5 Å². The van der Waals surface area contributed by atoms with Crippen molar-refractivity contribution in [3.05, 3.63) is 0 Å². The Balaban J connectivity index is 2.14. The minimum Gasteiger partial charge on any atom is -0.466 e. The zero-order valence-electron chi connectivity index (χ0n) is 13.3. The Bertz CT molecular complexity index is 446. The Hall–Kier alpha value is -1.26. The molecule has 0 aromatic rings. The number of likely N-dealkylation sites (tertiary alicyclic amines) is 1. The lowest BCUT2D eigenvalue weighted by Crippen LogP contribution is -2.38. The molecule has 2 rings (SSSR count). The van der Waals surface area contributed by atoms with Crippen LogP contribution in [0.4, 0.5) is 4.79 Å². The van der Waals surface area contributed by atoms with E-state index in [0.29, 0.717) is 6.42 Å². The van der Waals surface area contributed by atoms with Crippen LogP contribution in [0.25, 0.3) is 0 Å². The molecule has 18 heavy (non-hydrogen) atoms. The first-order valence-electron chi connectivity index (χ1n) is 7.22. The molecule has 2 fully saturated rings. The summed E-state index contributed by atoms with van der Waals surface area (Å²) in [5.41, 5.74) is -1.58. The van der Waals surface area contributed by atoms with E-state index in [0.717, 1.165) is 4.90 Å². The van der Waals surface area contributed by atoms with Gasteiger partial charge in [0, 0.05) is 15.8 Å². The summed E-state index contributed by atoms with van der Waals surface area (Å²) in [6, 6.07) is 0. The Morgan fingerprint density at radius 3 is 2.72 bits per heavy atom. The second kappa shape index (κ2) is 4.14. The number of nitrogens with zero attached hydrogens (tertiary/aromatic N) is 1. The zero-order chi connectivity index (χ0) is 15.3. The second-order valence-electron chi connectivity index (χ2n) is 5.83. The first-order valence-corrected chi connectivity index (χ1v) is 6.22. The van der Waals surface area contributed by atoms with E-state index in [9.17, 15) is 9.59 Å². The Labute approximate surface area is 110 Å². The van der Waals surface area contributed by atoms with Crippen molar-refractivity contribution in [2.45, 2.75) is 39.7 Å². The molecule has 0 aromatic carbocycles. The summed E-state index contributed by atoms with van der Waals surface area (Å²) in [6.45, 7) is 5.28. The molecule has 1 saturated heterocycles. The van der Waals surface area contributed by atoms with E-state index in [4.69, 9.17) is 12.2 Å². The van der Waals surface area contributed by atoms with Gasteiger partial charge in [0.1, 0.15) is 5.60 Å². The summed E-state index contributed by atoms with van der Waals surface area (Å²) in [5.74, 6) is -0.915. The van der Waals surface area contributed by atoms with Crippen LogP contribution in [-0.2, 0) is 14.3 Å². The van der Waals surface area contributed by atoms with Crippen molar-refractivity contribution >= 4 is 12.1 Å². The first-order chi connectivity index (χ1) is 9.04. The van der Waals surface area contributed by atoms with Gasteiger partial charge in [0.15, 0.2) is 0 Å². The predicted octanol–water partition coefficient (Wildman–Crippen LogP) is 1.81. The van der Waals surface area contributed by atoms with E-state index >= 15 is 0 Å². The maximum absolute atomic E-state index is 12.1. The molecule has 0 spiro atoms. The summed E-state index contributed by atoms with van der Waals surface area (Å²) < 4.78 is 26.3. The van der Waals surface area contributed by atoms with E-state index in [1.807, 2.05) is 0 Å². The predicted molar refractivity (Wildman–Crippen MR) is 65.0 cm³/mol. The van der Waals surface area contributed by atoms with Crippen LogP contribution < -0.4 is 0 Å². The van der Waals surface area contributed by atoms with Crippen molar-refractivity contribution in [3.63, 3.8) is 0 Å². The zero-order valence-corrected chi connectivity index (χ0v) is 11.3. The van der Waals surface area contributed by atoms with Crippen LogP contribution in [0.3, 0.4) is 0 Å². The van der Waals surface area contributed by atoms with Gasteiger partial charge in [-0.2, -0.15) is 0 Å². The van der Waals surface area contributed by atoms with E-state index in [1.54, 1.807) is 27.7 Å². The Morgan fingerprint density at radius 2 is 2.17 bits per heavy atom. The fourth-order valence-corrected chi connectivity index (χ4v) is 2.16. The van der Waals surface area contributed by atoms with Gasteiger partial charge < -0.3 is 14.4 Å². The Morgan fingerprint density at radius 1 is 1.50 bits per heavy atom. The number of piperidine rings is 1. The van der Waals surface area contributed by atoms with Crippen molar-refractivity contribution in [2.75, 3.05) is 19.6 Å². The third-order valence-corrected chi connectivity index (χ3v) is 3.12. The molecule has 1 saturated carbocycles. The van der Waals surface area contributed by atoms with Gasteiger partial charge in [-0.25, -0.2) is 4.79 Å². The van der Waals surface area contributed by atoms with Gasteiger partial charge in [0.2, 0.25) is 0 Å². The number of fused-ring (bicyclic) bond motifs is 1. The van der Waals surface area contributed by atoms with Crippen molar-refractivity contribution in [2.24, 2.45) is 11.3 Å². The van der Waals surface area contributed by atoms with Gasteiger partial charge in [-0.1, -0.05) is 0 Å². The SMILES string of the molecule is [2H]C1([2H])C2CC2(C(=O)OCC)CN1C(=O)OC(C)(C)C. The topological polar surface area (TPSA) is 55.8 Å². The molecule has 2 atom stereocenters. The molecular weight excluding hydrogens is 234 g/mol. The van der Waals surface area contributed by atoms with Crippen molar-refractivity contribution < 1.29 is 21.8 Å². The minimum atomic E-state index is -1.87. The van der Waals surface area contributed by atoms with Gasteiger partial charge in [-0.05, 0) is 40.0 Å². The quantitative estimate of drug-likeness (QED) is 0.708. The maximum atomic E-state index is 12.1. The summed E-state index contributed by atoms with van der Waals surface area (Å²) in [5, 5.41) is 0. The second-order valence-corrected chi connectivity index (χ2v) is 5.83. The number of ether oxygens (including phenoxy) is 2. The summed E-state index contributed by atoms with van der Waals surface area (Å²) in [4.78, 5) is 25.1. The third kappa shape index (κ3) is 2.31. The highest BCUT2D eigenvalue weighted by Crippen LogP contribution is 2.58. The van der Waals surface area contributed by atoms with E-state index in [1.165, 1.54) is 0 Å². The van der Waals surface area contributed by atoms with Gasteiger partial charge in [0.25, 0.3) is 0 Å². The molecule has 1 aliphatic heterocycles. The molecule has 102 valence electrons. The number of amides is 1. The third-order valence-electron chi connectivity index (χ3n) is 3.12. The van der Waals surface area contributed by atoms with Crippen LogP contribution in [0.5, 0.6) is 0 Å². The van der Waals surface area contributed by atoms with Crippen molar-refractivity contribution in [1.82, 2.24) is 4.90 Å². The summed E-state index contributed by atoms with van der Waals surface area (Å²) in [7, 11) is 0. The molecular formula is C13H21NO4. The first kappa shape index (κ1) is 10.6. The molecule has 5 heteroatoms. The van der Waals surface area contributed by atoms with Crippen LogP contribution in [0.15, 0.2) is 0 Å². The molecule has 2 aliphatic rings. The van der Waals surface area contributed by atoms with Gasteiger partial charge >= 0.3 is 12.1 Å². The van der Waals surface area contributed by atoms with Crippen LogP contribution in [0, 0.1) is 11.3 Å². The fraction of sp³-hybridized carbons (Fsp3) is 0.846. The smallest absolute Gasteiger partial charge is 0.410 e. The average Bonchev–Trinajstić information content (AvgIpc) is 2.95. The molecule has 1 aliphatic carbocycles. The maximum Gasteiger partial charge on any atom is 0.410 e. The van der Waals surface area contributed by atoms with Crippen molar-refractivity contribution in [3.8, 4) is 0 Å². The number of esters is 1. The molecule has 0 radical (unpaired) electrons. The highest BCUT2D eigenvalue weighted by atomic mass is 16.6. The number of carbonyl (C=O) groups excluding carboxylic acids is 2. The molecule has 2 unspecified atom stereocenters. The minimum absolute atomic E-state index is 0.0262. The van der Waals surface area contributed by atoms with Crippen LogP contribution in [0.2, 0.25) is 0 Å². The van der Waals surface area contributed by atoms with E-state index in [-0.39, 0.29) is 13.2 Å². The van der Waals surface area contributed by atoms with Gasteiger partial charge in [0.05, 0.1) is 12.0 Å². The standard InChI is InChI=1S/C13H21NO4/c1-5-17-10(15)13-6-9(13)7-14(8-13)11(16)18-12(2,3)4/h9H,5-8H2,1-4H3/i7D2. The number of rotatable bonds is 2. The lowest BCUT2D eigenvalue weighted by Gasteiger charge is -2.26. The fourth-order valence-electron chi connectivity index (χ4n) is 2.16.